The van der Waals surface area contributed by atoms with Crippen molar-refractivity contribution in [3.05, 3.63) is 24.3 Å². The van der Waals surface area contributed by atoms with Crippen LogP contribution < -0.4 is 10.1 Å². The summed E-state index contributed by atoms with van der Waals surface area (Å²) < 4.78 is 5.33. The summed E-state index contributed by atoms with van der Waals surface area (Å²) in [4.78, 5) is 10.7. The van der Waals surface area contributed by atoms with Gasteiger partial charge < -0.3 is 15.2 Å². The largest absolute Gasteiger partial charge is 0.494 e. The lowest BCUT2D eigenvalue weighted by molar-refractivity contribution is -0.137. The number of rotatable bonds is 6. The second kappa shape index (κ2) is 5.57. The van der Waals surface area contributed by atoms with Gasteiger partial charge in [0.25, 0.3) is 0 Å². The minimum absolute atomic E-state index is 0.0697. The number of nitrogens with one attached hydrogen (secondary N) is 1. The smallest absolute Gasteiger partial charge is 0.305 e. The van der Waals surface area contributed by atoms with Crippen LogP contribution in [0.5, 0.6) is 5.75 Å². The maximum atomic E-state index is 10.7. The number of hydrogen-bond acceptors (Lipinski definition) is 3. The van der Waals surface area contributed by atoms with Gasteiger partial charge in [-0.15, -0.1) is 0 Å². The van der Waals surface area contributed by atoms with Crippen LogP contribution in [0.3, 0.4) is 0 Å². The van der Waals surface area contributed by atoms with Crippen LogP contribution in [-0.4, -0.2) is 23.2 Å². The molecule has 1 aromatic rings. The molecular weight excluding hydrogens is 218 g/mol. The minimum Gasteiger partial charge on any atom is -0.494 e. The fourth-order valence-electron chi connectivity index (χ4n) is 1.61. The minimum atomic E-state index is -0.812. The quantitative estimate of drug-likeness (QED) is 0.798. The van der Waals surface area contributed by atoms with Gasteiger partial charge in [0, 0.05) is 11.2 Å². The highest BCUT2D eigenvalue weighted by Crippen LogP contribution is 2.21. The second-order valence-corrected chi connectivity index (χ2v) is 4.54. The number of carbonyl (C=O) groups is 1. The third-order valence-electron chi connectivity index (χ3n) is 2.24. The molecule has 0 aliphatic rings. The molecule has 0 unspecified atom stereocenters. The van der Waals surface area contributed by atoms with Gasteiger partial charge in [-0.3, -0.25) is 4.79 Å². The van der Waals surface area contributed by atoms with Gasteiger partial charge in [0.1, 0.15) is 5.75 Å². The summed E-state index contributed by atoms with van der Waals surface area (Å²) in [5.41, 5.74) is 0.415. The Morgan fingerprint density at radius 3 is 2.41 bits per heavy atom. The Morgan fingerprint density at radius 2 is 1.94 bits per heavy atom. The van der Waals surface area contributed by atoms with Gasteiger partial charge in [0.15, 0.2) is 0 Å². The van der Waals surface area contributed by atoms with Crippen LogP contribution in [0.15, 0.2) is 24.3 Å². The molecule has 94 valence electrons. The first-order valence-electron chi connectivity index (χ1n) is 5.66. The van der Waals surface area contributed by atoms with E-state index in [9.17, 15) is 4.79 Å². The molecular formula is C13H19NO3. The zero-order valence-electron chi connectivity index (χ0n) is 10.5. The van der Waals surface area contributed by atoms with Crippen molar-refractivity contribution in [1.29, 1.82) is 0 Å². The highest BCUT2D eigenvalue weighted by atomic mass is 16.5. The topological polar surface area (TPSA) is 58.6 Å². The average molecular weight is 237 g/mol. The van der Waals surface area contributed by atoms with Crippen LogP contribution in [0.4, 0.5) is 5.69 Å². The molecule has 0 aromatic heterocycles. The number of anilines is 1. The first-order valence-corrected chi connectivity index (χ1v) is 5.66. The summed E-state index contributed by atoms with van der Waals surface area (Å²) in [6, 6.07) is 7.49. The Balaban J connectivity index is 2.65. The molecule has 0 atom stereocenters. The molecule has 0 saturated heterocycles. The van der Waals surface area contributed by atoms with Crippen molar-refractivity contribution in [2.24, 2.45) is 0 Å². The fraction of sp³-hybridized carbons (Fsp3) is 0.462. The Morgan fingerprint density at radius 1 is 1.35 bits per heavy atom. The molecule has 0 fully saturated rings. The van der Waals surface area contributed by atoms with Crippen LogP contribution in [0.1, 0.15) is 27.2 Å². The van der Waals surface area contributed by atoms with Gasteiger partial charge in [0.05, 0.1) is 13.0 Å². The molecule has 0 saturated carbocycles. The van der Waals surface area contributed by atoms with E-state index in [1.54, 1.807) is 0 Å². The predicted octanol–water partition coefficient (Wildman–Crippen LogP) is 2.75. The summed E-state index contributed by atoms with van der Waals surface area (Å²) in [7, 11) is 0. The lowest BCUT2D eigenvalue weighted by atomic mass is 10.0. The van der Waals surface area contributed by atoms with Crippen molar-refractivity contribution in [2.45, 2.75) is 32.7 Å². The predicted molar refractivity (Wildman–Crippen MR) is 67.6 cm³/mol. The molecule has 0 spiro atoms. The summed E-state index contributed by atoms with van der Waals surface area (Å²) in [5.74, 6) is 0.00234. The lowest BCUT2D eigenvalue weighted by Gasteiger charge is -2.25. The fourth-order valence-corrected chi connectivity index (χ4v) is 1.61. The average Bonchev–Trinajstić information content (AvgIpc) is 2.18. The van der Waals surface area contributed by atoms with E-state index in [-0.39, 0.29) is 6.42 Å². The number of carboxylic acids is 1. The Labute approximate surface area is 102 Å². The number of ether oxygens (including phenoxy) is 1. The van der Waals surface area contributed by atoms with Crippen LogP contribution in [0.25, 0.3) is 0 Å². The maximum Gasteiger partial charge on any atom is 0.305 e. The molecule has 4 heteroatoms. The van der Waals surface area contributed by atoms with Gasteiger partial charge in [-0.2, -0.15) is 0 Å². The third-order valence-corrected chi connectivity index (χ3v) is 2.24. The highest BCUT2D eigenvalue weighted by Gasteiger charge is 2.21. The summed E-state index contributed by atoms with van der Waals surface area (Å²) in [6.07, 6.45) is 0.0697. The second-order valence-electron chi connectivity index (χ2n) is 4.54. The number of hydrogen-bond donors (Lipinski definition) is 2. The van der Waals surface area contributed by atoms with Crippen LogP contribution in [-0.2, 0) is 4.79 Å². The third kappa shape index (κ3) is 4.76. The van der Waals surface area contributed by atoms with Gasteiger partial charge in [0.2, 0.25) is 0 Å². The van der Waals surface area contributed by atoms with E-state index in [1.807, 2.05) is 45.0 Å². The van der Waals surface area contributed by atoms with Crippen molar-refractivity contribution >= 4 is 11.7 Å². The molecule has 0 radical (unpaired) electrons. The Hall–Kier alpha value is -1.71. The van der Waals surface area contributed by atoms with Crippen molar-refractivity contribution < 1.29 is 14.6 Å². The van der Waals surface area contributed by atoms with Gasteiger partial charge in [-0.25, -0.2) is 0 Å². The molecule has 0 bridgehead atoms. The molecule has 1 rings (SSSR count). The van der Waals surface area contributed by atoms with Crippen molar-refractivity contribution in [3.8, 4) is 5.75 Å². The Bertz CT molecular complexity index is 371. The van der Waals surface area contributed by atoms with E-state index < -0.39 is 11.5 Å². The van der Waals surface area contributed by atoms with Gasteiger partial charge in [-0.05, 0) is 45.0 Å². The number of aliphatic carboxylic acids is 1. The van der Waals surface area contributed by atoms with Crippen molar-refractivity contribution in [2.75, 3.05) is 11.9 Å². The molecule has 0 amide bonds. The monoisotopic (exact) mass is 237 g/mol. The van der Waals surface area contributed by atoms with E-state index >= 15 is 0 Å². The number of benzene rings is 1. The molecule has 1 aromatic carbocycles. The van der Waals surface area contributed by atoms with Crippen LogP contribution in [0, 0.1) is 0 Å². The first-order chi connectivity index (χ1) is 7.93. The van der Waals surface area contributed by atoms with Crippen molar-refractivity contribution in [3.63, 3.8) is 0 Å². The van der Waals surface area contributed by atoms with E-state index in [1.165, 1.54) is 0 Å². The van der Waals surface area contributed by atoms with E-state index in [2.05, 4.69) is 5.32 Å². The number of carboxylic acid groups (broad SMARTS) is 1. The van der Waals surface area contributed by atoms with Gasteiger partial charge in [-0.1, -0.05) is 0 Å². The molecule has 0 aliphatic carbocycles. The Kier molecular flexibility index (Phi) is 4.37. The molecule has 17 heavy (non-hydrogen) atoms. The summed E-state index contributed by atoms with van der Waals surface area (Å²) in [5, 5.41) is 12.0. The summed E-state index contributed by atoms with van der Waals surface area (Å²) >= 11 is 0. The van der Waals surface area contributed by atoms with E-state index in [0.717, 1.165) is 11.4 Å². The van der Waals surface area contributed by atoms with E-state index in [0.29, 0.717) is 6.61 Å². The normalized spacial score (nSPS) is 11.0. The summed E-state index contributed by atoms with van der Waals surface area (Å²) in [6.45, 7) is 6.29. The maximum absolute atomic E-state index is 10.7. The molecule has 2 N–H and O–H groups in total. The highest BCUT2D eigenvalue weighted by molar-refractivity contribution is 5.69. The first kappa shape index (κ1) is 13.4. The standard InChI is InChI=1S/C13H19NO3/c1-4-17-11-7-5-10(6-8-11)14-13(2,3)9-12(15)16/h5-8,14H,4,9H2,1-3H3,(H,15,16). The van der Waals surface area contributed by atoms with Gasteiger partial charge >= 0.3 is 5.97 Å². The zero-order valence-corrected chi connectivity index (χ0v) is 10.5. The molecule has 0 aliphatic heterocycles. The van der Waals surface area contributed by atoms with E-state index in [4.69, 9.17) is 9.84 Å². The SMILES string of the molecule is CCOc1ccc(NC(C)(C)CC(=O)O)cc1. The zero-order chi connectivity index (χ0) is 12.9. The molecule has 4 nitrogen and oxygen atoms in total. The van der Waals surface area contributed by atoms with Crippen LogP contribution >= 0.6 is 0 Å². The van der Waals surface area contributed by atoms with Crippen molar-refractivity contribution in [1.82, 2.24) is 0 Å². The molecule has 0 heterocycles. The van der Waals surface area contributed by atoms with Crippen LogP contribution in [0.2, 0.25) is 0 Å². The lowest BCUT2D eigenvalue weighted by Crippen LogP contribution is -2.33.